The predicted molar refractivity (Wildman–Crippen MR) is 108 cm³/mol. The highest BCUT2D eigenvalue weighted by atomic mass is 16.5. The number of Topliss-reactive ketones (excluding diaryl/α,β-unsaturated/α-hetero) is 1. The first-order valence-electron chi connectivity index (χ1n) is 9.88. The number of rotatable bonds is 8. The first-order valence-corrected chi connectivity index (χ1v) is 9.88. The molecule has 0 spiro atoms. The zero-order valence-electron chi connectivity index (χ0n) is 16.9. The fourth-order valence-corrected chi connectivity index (χ4v) is 3.70. The van der Waals surface area contributed by atoms with Gasteiger partial charge in [0.05, 0.1) is 39.1 Å². The summed E-state index contributed by atoms with van der Waals surface area (Å²) in [5.74, 6) is 1.55. The minimum atomic E-state index is -0.510. The minimum Gasteiger partial charge on any atom is -0.496 e. The summed E-state index contributed by atoms with van der Waals surface area (Å²) in [7, 11) is 1.60. The summed E-state index contributed by atoms with van der Waals surface area (Å²) >= 11 is 0. The standard InChI is InChI=1S/C23H28O6/c1-3-28-19-6-4-15(5-7-19)8-16-9-21(17(13-24)10-22(16)27-2)23-12-18(26)11-20(14-25)29-23/h4-7,9-10,20,23-25H,3,8,11-14H2,1-2H3/t20-,23+/m0/s1. The van der Waals surface area contributed by atoms with Gasteiger partial charge >= 0.3 is 0 Å². The summed E-state index contributed by atoms with van der Waals surface area (Å²) in [6.07, 6.45) is 0.0814. The van der Waals surface area contributed by atoms with Crippen molar-refractivity contribution in [2.24, 2.45) is 0 Å². The molecule has 29 heavy (non-hydrogen) atoms. The Morgan fingerprint density at radius 2 is 1.86 bits per heavy atom. The lowest BCUT2D eigenvalue weighted by molar-refractivity contribution is -0.139. The van der Waals surface area contributed by atoms with E-state index in [4.69, 9.17) is 14.2 Å². The molecule has 0 saturated carbocycles. The average Bonchev–Trinajstić information content (AvgIpc) is 2.74. The maximum absolute atomic E-state index is 12.1. The van der Waals surface area contributed by atoms with Crippen molar-refractivity contribution in [2.75, 3.05) is 20.3 Å². The smallest absolute Gasteiger partial charge is 0.138 e. The molecule has 0 bridgehead atoms. The highest BCUT2D eigenvalue weighted by molar-refractivity contribution is 5.80. The van der Waals surface area contributed by atoms with Crippen molar-refractivity contribution >= 4 is 5.78 Å². The van der Waals surface area contributed by atoms with Crippen LogP contribution < -0.4 is 9.47 Å². The van der Waals surface area contributed by atoms with E-state index < -0.39 is 12.2 Å². The molecule has 0 radical (unpaired) electrons. The molecule has 6 heteroatoms. The fraction of sp³-hybridized carbons (Fsp3) is 0.435. The summed E-state index contributed by atoms with van der Waals surface area (Å²) in [5, 5.41) is 19.3. The van der Waals surface area contributed by atoms with Crippen LogP contribution in [0.3, 0.4) is 0 Å². The van der Waals surface area contributed by atoms with E-state index in [1.54, 1.807) is 13.2 Å². The number of aliphatic hydroxyl groups is 2. The number of hydrogen-bond acceptors (Lipinski definition) is 6. The van der Waals surface area contributed by atoms with Crippen molar-refractivity contribution in [3.8, 4) is 11.5 Å². The van der Waals surface area contributed by atoms with Gasteiger partial charge in [-0.25, -0.2) is 0 Å². The fourth-order valence-electron chi connectivity index (χ4n) is 3.70. The number of aliphatic hydroxyl groups excluding tert-OH is 2. The van der Waals surface area contributed by atoms with Gasteiger partial charge in [0.2, 0.25) is 0 Å². The lowest BCUT2D eigenvalue weighted by Crippen LogP contribution is -2.31. The molecule has 0 amide bonds. The van der Waals surface area contributed by atoms with Crippen LogP contribution in [0.25, 0.3) is 0 Å². The molecule has 2 atom stereocenters. The molecule has 0 unspecified atom stereocenters. The molecule has 1 aliphatic heterocycles. The van der Waals surface area contributed by atoms with E-state index >= 15 is 0 Å². The Morgan fingerprint density at radius 1 is 1.10 bits per heavy atom. The largest absolute Gasteiger partial charge is 0.496 e. The molecule has 156 valence electrons. The van der Waals surface area contributed by atoms with Gasteiger partial charge in [0.25, 0.3) is 0 Å². The third-order valence-electron chi connectivity index (χ3n) is 5.12. The number of ether oxygens (including phenoxy) is 3. The Kier molecular flexibility index (Phi) is 7.25. The maximum atomic E-state index is 12.1. The molecule has 1 saturated heterocycles. The van der Waals surface area contributed by atoms with Crippen LogP contribution in [-0.4, -0.2) is 42.4 Å². The minimum absolute atomic E-state index is 0.0491. The number of carbonyl (C=O) groups is 1. The molecule has 6 nitrogen and oxygen atoms in total. The third kappa shape index (κ3) is 5.15. The van der Waals surface area contributed by atoms with Crippen LogP contribution in [0, 0.1) is 0 Å². The summed E-state index contributed by atoms with van der Waals surface area (Å²) in [4.78, 5) is 12.1. The van der Waals surface area contributed by atoms with E-state index in [1.165, 1.54) is 0 Å². The van der Waals surface area contributed by atoms with E-state index in [0.717, 1.165) is 22.4 Å². The Bertz CT molecular complexity index is 830. The summed E-state index contributed by atoms with van der Waals surface area (Å²) in [6, 6.07) is 11.6. The number of carbonyl (C=O) groups excluding carboxylic acids is 1. The zero-order chi connectivity index (χ0) is 20.8. The van der Waals surface area contributed by atoms with Gasteiger partial charge in [0, 0.05) is 19.3 Å². The number of methoxy groups -OCH3 is 1. The summed E-state index contributed by atoms with van der Waals surface area (Å²) in [6.45, 7) is 2.18. The van der Waals surface area contributed by atoms with Gasteiger partial charge in [-0.05, 0) is 53.4 Å². The van der Waals surface area contributed by atoms with Crippen LogP contribution in [0.1, 0.15) is 48.1 Å². The Balaban J connectivity index is 1.92. The van der Waals surface area contributed by atoms with Crippen LogP contribution in [0.5, 0.6) is 11.5 Å². The topological polar surface area (TPSA) is 85.2 Å². The molecular formula is C23H28O6. The summed E-state index contributed by atoms with van der Waals surface area (Å²) < 4.78 is 17.0. The van der Waals surface area contributed by atoms with Crippen molar-refractivity contribution in [2.45, 2.75) is 45.0 Å². The van der Waals surface area contributed by atoms with Crippen LogP contribution in [0.4, 0.5) is 0 Å². The van der Waals surface area contributed by atoms with Crippen molar-refractivity contribution in [3.05, 3.63) is 58.7 Å². The van der Waals surface area contributed by atoms with Gasteiger partial charge in [0.1, 0.15) is 17.3 Å². The average molecular weight is 400 g/mol. The molecule has 0 aromatic heterocycles. The van der Waals surface area contributed by atoms with Crippen molar-refractivity contribution in [1.82, 2.24) is 0 Å². The molecule has 1 fully saturated rings. The van der Waals surface area contributed by atoms with Crippen molar-refractivity contribution < 1.29 is 29.2 Å². The number of hydrogen-bond donors (Lipinski definition) is 2. The number of benzene rings is 2. The van der Waals surface area contributed by atoms with Crippen LogP contribution in [-0.2, 0) is 22.6 Å². The second kappa shape index (κ2) is 9.87. The molecule has 3 rings (SSSR count). The van der Waals surface area contributed by atoms with E-state index in [1.807, 2.05) is 37.3 Å². The second-order valence-electron chi connectivity index (χ2n) is 7.15. The van der Waals surface area contributed by atoms with Crippen molar-refractivity contribution in [1.29, 1.82) is 0 Å². The lowest BCUT2D eigenvalue weighted by atomic mass is 9.91. The van der Waals surface area contributed by atoms with Crippen LogP contribution in [0.2, 0.25) is 0 Å². The summed E-state index contributed by atoms with van der Waals surface area (Å²) in [5.41, 5.74) is 3.45. The Morgan fingerprint density at radius 3 is 2.48 bits per heavy atom. The quantitative estimate of drug-likeness (QED) is 0.709. The van der Waals surface area contributed by atoms with Crippen molar-refractivity contribution in [3.63, 3.8) is 0 Å². The van der Waals surface area contributed by atoms with E-state index in [9.17, 15) is 15.0 Å². The van der Waals surface area contributed by atoms with Gasteiger partial charge in [-0.15, -0.1) is 0 Å². The molecule has 0 aliphatic carbocycles. The molecular weight excluding hydrogens is 372 g/mol. The second-order valence-corrected chi connectivity index (χ2v) is 7.15. The molecule has 1 heterocycles. The van der Waals surface area contributed by atoms with E-state index in [2.05, 4.69) is 0 Å². The van der Waals surface area contributed by atoms with E-state index in [-0.39, 0.29) is 31.8 Å². The first-order chi connectivity index (χ1) is 14.1. The molecule has 2 aromatic carbocycles. The van der Waals surface area contributed by atoms with E-state index in [0.29, 0.717) is 24.3 Å². The lowest BCUT2D eigenvalue weighted by Gasteiger charge is -2.30. The zero-order valence-corrected chi connectivity index (χ0v) is 16.9. The predicted octanol–water partition coefficient (Wildman–Crippen LogP) is 2.96. The van der Waals surface area contributed by atoms with Crippen LogP contribution in [0.15, 0.2) is 36.4 Å². The highest BCUT2D eigenvalue weighted by Crippen LogP contribution is 2.36. The van der Waals surface area contributed by atoms with Gasteiger partial charge in [-0.3, -0.25) is 4.79 Å². The Labute approximate surface area is 171 Å². The molecule has 2 aromatic rings. The SMILES string of the molecule is CCOc1ccc(Cc2cc([C@H]3CC(=O)C[C@@H](CO)O3)c(CO)cc2OC)cc1. The van der Waals surface area contributed by atoms with Crippen LogP contribution >= 0.6 is 0 Å². The van der Waals surface area contributed by atoms with Gasteiger partial charge in [-0.1, -0.05) is 12.1 Å². The van der Waals surface area contributed by atoms with Gasteiger partial charge in [0.15, 0.2) is 0 Å². The molecule has 2 N–H and O–H groups in total. The number of ketones is 1. The van der Waals surface area contributed by atoms with Gasteiger partial charge < -0.3 is 24.4 Å². The maximum Gasteiger partial charge on any atom is 0.138 e. The monoisotopic (exact) mass is 400 g/mol. The Hall–Kier alpha value is -2.41. The van der Waals surface area contributed by atoms with Gasteiger partial charge in [-0.2, -0.15) is 0 Å². The normalized spacial score (nSPS) is 19.2. The molecule has 1 aliphatic rings. The highest BCUT2D eigenvalue weighted by Gasteiger charge is 2.30. The first kappa shape index (κ1) is 21.3. The third-order valence-corrected chi connectivity index (χ3v) is 5.12.